The minimum absolute atomic E-state index is 0.195. The topological polar surface area (TPSA) is 50.1 Å². The third-order valence-electron chi connectivity index (χ3n) is 3.27. The minimum atomic E-state index is -4.44. The molecule has 0 amide bonds. The van der Waals surface area contributed by atoms with Gasteiger partial charge in [-0.15, -0.1) is 0 Å². The molecule has 2 aromatic carbocycles. The van der Waals surface area contributed by atoms with Crippen molar-refractivity contribution < 1.29 is 22.7 Å². The number of nitriles is 1. The average molecular weight is 331 g/mol. The van der Waals surface area contributed by atoms with Crippen molar-refractivity contribution in [2.75, 3.05) is 7.11 Å². The number of rotatable bonds is 4. The summed E-state index contributed by atoms with van der Waals surface area (Å²) in [5.41, 5.74) is -0.462. The van der Waals surface area contributed by atoms with E-state index in [4.69, 9.17) is 4.74 Å². The summed E-state index contributed by atoms with van der Waals surface area (Å²) in [5.74, 6) is -0.245. The Bertz CT molecular complexity index is 815. The molecule has 0 N–H and O–H groups in total. The second-order valence-corrected chi connectivity index (χ2v) is 4.82. The molecule has 0 heterocycles. The van der Waals surface area contributed by atoms with Gasteiger partial charge in [0.05, 0.1) is 18.2 Å². The van der Waals surface area contributed by atoms with Crippen LogP contribution in [-0.4, -0.2) is 12.9 Å². The number of halogens is 3. The predicted molar refractivity (Wildman–Crippen MR) is 82.4 cm³/mol. The summed E-state index contributed by atoms with van der Waals surface area (Å²) in [4.78, 5) is 12.4. The summed E-state index contributed by atoms with van der Waals surface area (Å²) in [6, 6.07) is 12.4. The van der Waals surface area contributed by atoms with Crippen LogP contribution in [0.1, 0.15) is 21.5 Å². The van der Waals surface area contributed by atoms with Gasteiger partial charge in [0.15, 0.2) is 0 Å². The van der Waals surface area contributed by atoms with Crippen LogP contribution in [0.25, 0.3) is 6.08 Å². The molecular formula is C18H12F3NO2. The number of ether oxygens (including phenoxy) is 1. The number of carbonyl (C=O) groups excluding carboxylic acids is 1. The lowest BCUT2D eigenvalue weighted by atomic mass is 10.0. The molecule has 6 heteroatoms. The zero-order valence-corrected chi connectivity index (χ0v) is 12.6. The van der Waals surface area contributed by atoms with Gasteiger partial charge in [-0.3, -0.25) is 4.79 Å². The fourth-order valence-electron chi connectivity index (χ4n) is 2.06. The summed E-state index contributed by atoms with van der Waals surface area (Å²) in [5, 5.41) is 9.21. The van der Waals surface area contributed by atoms with E-state index in [0.29, 0.717) is 11.3 Å². The first-order valence-corrected chi connectivity index (χ1v) is 6.83. The van der Waals surface area contributed by atoms with Crippen LogP contribution in [0.5, 0.6) is 5.75 Å². The number of ketones is 1. The molecule has 0 saturated carbocycles. The van der Waals surface area contributed by atoms with Crippen molar-refractivity contribution in [1.29, 1.82) is 5.26 Å². The number of Topliss-reactive ketones (excluding diaryl/α,β-unsaturated/α-hetero) is 1. The summed E-state index contributed by atoms with van der Waals surface area (Å²) >= 11 is 0. The van der Waals surface area contributed by atoms with Crippen LogP contribution in [0, 0.1) is 11.3 Å². The van der Waals surface area contributed by atoms with Crippen LogP contribution in [0.2, 0.25) is 0 Å². The number of hydrogen-bond donors (Lipinski definition) is 0. The van der Waals surface area contributed by atoms with Crippen LogP contribution in [0.4, 0.5) is 13.2 Å². The molecule has 3 nitrogen and oxygen atoms in total. The highest BCUT2D eigenvalue weighted by atomic mass is 19.4. The highest BCUT2D eigenvalue weighted by Gasteiger charge is 2.29. The Hall–Kier alpha value is -3.07. The number of alkyl halides is 3. The number of para-hydroxylation sites is 1. The maximum atomic E-state index is 12.5. The summed E-state index contributed by atoms with van der Waals surface area (Å²) in [6.45, 7) is 0. The first-order valence-electron chi connectivity index (χ1n) is 6.83. The first kappa shape index (κ1) is 17.3. The molecule has 0 fully saturated rings. The standard InChI is InChI=1S/C18H12F3NO2/c1-24-16-5-3-2-4-15(16)17(23)13(11-22)10-12-6-8-14(9-7-12)18(19,20)21/h2-10H,1H3/b13-10+. The van der Waals surface area contributed by atoms with Gasteiger partial charge < -0.3 is 4.74 Å². The Kier molecular flexibility index (Phi) is 5.05. The lowest BCUT2D eigenvalue weighted by Crippen LogP contribution is -2.05. The lowest BCUT2D eigenvalue weighted by Gasteiger charge is -2.07. The van der Waals surface area contributed by atoms with Crippen molar-refractivity contribution in [1.82, 2.24) is 0 Å². The smallest absolute Gasteiger partial charge is 0.416 e. The van der Waals surface area contributed by atoms with E-state index in [1.165, 1.54) is 31.4 Å². The lowest BCUT2D eigenvalue weighted by molar-refractivity contribution is -0.137. The van der Waals surface area contributed by atoms with E-state index >= 15 is 0 Å². The molecule has 122 valence electrons. The molecule has 24 heavy (non-hydrogen) atoms. The van der Waals surface area contributed by atoms with Gasteiger partial charge in [0, 0.05) is 0 Å². The Balaban J connectivity index is 2.36. The van der Waals surface area contributed by atoms with E-state index in [1.54, 1.807) is 24.3 Å². The molecule has 0 unspecified atom stereocenters. The number of hydrogen-bond acceptors (Lipinski definition) is 3. The van der Waals surface area contributed by atoms with Crippen LogP contribution in [-0.2, 0) is 6.18 Å². The van der Waals surface area contributed by atoms with Gasteiger partial charge in [0.1, 0.15) is 17.4 Å². The van der Waals surface area contributed by atoms with Crippen molar-refractivity contribution in [3.8, 4) is 11.8 Å². The van der Waals surface area contributed by atoms with Crippen molar-refractivity contribution >= 4 is 11.9 Å². The molecule has 0 atom stereocenters. The van der Waals surface area contributed by atoms with E-state index in [9.17, 15) is 23.2 Å². The number of allylic oxidation sites excluding steroid dienone is 1. The van der Waals surface area contributed by atoms with E-state index in [2.05, 4.69) is 0 Å². The van der Waals surface area contributed by atoms with Crippen molar-refractivity contribution in [3.05, 3.63) is 70.8 Å². The zero-order chi connectivity index (χ0) is 17.7. The van der Waals surface area contributed by atoms with Crippen molar-refractivity contribution in [3.63, 3.8) is 0 Å². The summed E-state index contributed by atoms with van der Waals surface area (Å²) < 4.78 is 42.7. The largest absolute Gasteiger partial charge is 0.496 e. The molecular weight excluding hydrogens is 319 g/mol. The molecule has 2 rings (SSSR count). The normalized spacial score (nSPS) is 11.7. The Morgan fingerprint density at radius 1 is 1.12 bits per heavy atom. The Morgan fingerprint density at radius 3 is 2.29 bits per heavy atom. The molecule has 0 saturated heterocycles. The summed E-state index contributed by atoms with van der Waals surface area (Å²) in [6.07, 6.45) is -3.19. The van der Waals surface area contributed by atoms with E-state index in [-0.39, 0.29) is 11.1 Å². The number of benzene rings is 2. The second kappa shape index (κ2) is 7.01. The van der Waals surface area contributed by atoms with Crippen molar-refractivity contribution in [2.45, 2.75) is 6.18 Å². The van der Waals surface area contributed by atoms with Gasteiger partial charge in [0.2, 0.25) is 5.78 Å². The first-order chi connectivity index (χ1) is 11.4. The third-order valence-corrected chi connectivity index (χ3v) is 3.27. The fourth-order valence-corrected chi connectivity index (χ4v) is 2.06. The molecule has 0 spiro atoms. The van der Waals surface area contributed by atoms with Gasteiger partial charge in [-0.05, 0) is 35.9 Å². The monoisotopic (exact) mass is 331 g/mol. The third kappa shape index (κ3) is 3.82. The van der Waals surface area contributed by atoms with Crippen LogP contribution in [0.3, 0.4) is 0 Å². The molecule has 2 aromatic rings. The van der Waals surface area contributed by atoms with E-state index in [0.717, 1.165) is 12.1 Å². The highest BCUT2D eigenvalue weighted by molar-refractivity contribution is 6.15. The molecule has 0 bridgehead atoms. The maximum Gasteiger partial charge on any atom is 0.416 e. The number of carbonyl (C=O) groups is 1. The minimum Gasteiger partial charge on any atom is -0.496 e. The molecule has 0 aliphatic carbocycles. The summed E-state index contributed by atoms with van der Waals surface area (Å²) in [7, 11) is 1.40. The second-order valence-electron chi connectivity index (χ2n) is 4.82. The SMILES string of the molecule is COc1ccccc1C(=O)/C(C#N)=C/c1ccc(C(F)(F)F)cc1. The van der Waals surface area contributed by atoms with Gasteiger partial charge in [-0.25, -0.2) is 0 Å². The molecule has 0 radical (unpaired) electrons. The van der Waals surface area contributed by atoms with Gasteiger partial charge in [0.25, 0.3) is 0 Å². The fraction of sp³-hybridized carbons (Fsp3) is 0.111. The molecule has 0 aliphatic rings. The van der Waals surface area contributed by atoms with Gasteiger partial charge in [-0.1, -0.05) is 24.3 Å². The molecule has 0 aliphatic heterocycles. The van der Waals surface area contributed by atoms with Crippen LogP contribution < -0.4 is 4.74 Å². The van der Waals surface area contributed by atoms with Crippen LogP contribution >= 0.6 is 0 Å². The highest BCUT2D eigenvalue weighted by Crippen LogP contribution is 2.29. The number of nitrogens with zero attached hydrogens (tertiary/aromatic N) is 1. The van der Waals surface area contributed by atoms with E-state index in [1.807, 2.05) is 0 Å². The Labute approximate surface area is 136 Å². The van der Waals surface area contributed by atoms with Gasteiger partial charge >= 0.3 is 6.18 Å². The zero-order valence-electron chi connectivity index (χ0n) is 12.6. The predicted octanol–water partition coefficient (Wildman–Crippen LogP) is 4.50. The van der Waals surface area contributed by atoms with Crippen molar-refractivity contribution in [2.24, 2.45) is 0 Å². The number of methoxy groups -OCH3 is 1. The Morgan fingerprint density at radius 2 is 1.75 bits per heavy atom. The maximum absolute atomic E-state index is 12.5. The quantitative estimate of drug-likeness (QED) is 0.471. The van der Waals surface area contributed by atoms with E-state index < -0.39 is 17.5 Å². The average Bonchev–Trinajstić information content (AvgIpc) is 2.58. The van der Waals surface area contributed by atoms with Crippen LogP contribution in [0.15, 0.2) is 54.1 Å². The molecule has 0 aromatic heterocycles. The van der Waals surface area contributed by atoms with Gasteiger partial charge in [-0.2, -0.15) is 18.4 Å².